The van der Waals surface area contributed by atoms with E-state index in [0.29, 0.717) is 12.8 Å². The number of hydrogen-bond acceptors (Lipinski definition) is 4. The molecule has 3 N–H and O–H groups in total. The van der Waals surface area contributed by atoms with Gasteiger partial charge in [-0.2, -0.15) is 0 Å². The smallest absolute Gasteiger partial charge is 0.319 e. The van der Waals surface area contributed by atoms with E-state index in [1.54, 1.807) is 0 Å². The predicted octanol–water partition coefficient (Wildman–Crippen LogP) is 3.99. The van der Waals surface area contributed by atoms with Crippen LogP contribution in [0.25, 0.3) is 0 Å². The summed E-state index contributed by atoms with van der Waals surface area (Å²) in [6.07, 6.45) is 6.61. The van der Waals surface area contributed by atoms with Crippen LogP contribution in [0.5, 0.6) is 5.75 Å². The molecule has 26 heavy (non-hydrogen) atoms. The maximum atomic E-state index is 12.9. The lowest BCUT2D eigenvalue weighted by Gasteiger charge is -2.18. The number of phenols is 1. The van der Waals surface area contributed by atoms with Crippen LogP contribution < -0.4 is 10.6 Å². The van der Waals surface area contributed by atoms with Crippen molar-refractivity contribution in [2.75, 3.05) is 5.32 Å². The summed E-state index contributed by atoms with van der Waals surface area (Å²) in [5.41, 5.74) is 1.12. The van der Waals surface area contributed by atoms with E-state index in [-0.39, 0.29) is 21.6 Å². The van der Waals surface area contributed by atoms with Gasteiger partial charge < -0.3 is 15.7 Å². The minimum Gasteiger partial charge on any atom is -0.504 e. The number of phenolic OH excluding ortho intramolecular Hbond substituents is 1. The summed E-state index contributed by atoms with van der Waals surface area (Å²) in [4.78, 5) is 11.9. The van der Waals surface area contributed by atoms with Crippen molar-refractivity contribution in [3.8, 4) is 5.75 Å². The van der Waals surface area contributed by atoms with Gasteiger partial charge in [0, 0.05) is 0 Å². The van der Waals surface area contributed by atoms with E-state index in [9.17, 15) is 18.3 Å². The van der Waals surface area contributed by atoms with Crippen molar-refractivity contribution >= 4 is 33.2 Å². The highest BCUT2D eigenvalue weighted by Gasteiger charge is 2.35. The lowest BCUT2D eigenvalue weighted by Crippen LogP contribution is -2.37. The third-order valence-electron chi connectivity index (χ3n) is 5.13. The van der Waals surface area contributed by atoms with Gasteiger partial charge in [0.05, 0.1) is 22.0 Å². The molecule has 0 spiro atoms. The van der Waals surface area contributed by atoms with Gasteiger partial charge in [-0.25, -0.2) is 13.2 Å². The average Bonchev–Trinajstić information content (AvgIpc) is 3.23. The highest BCUT2D eigenvalue weighted by Crippen LogP contribution is 2.41. The Balaban J connectivity index is 1.83. The first-order valence-electron chi connectivity index (χ1n) is 8.80. The number of amides is 2. The Kier molecular flexibility index (Phi) is 5.48. The number of sulfone groups is 1. The largest absolute Gasteiger partial charge is 0.504 e. The fraction of sp³-hybridized carbons (Fsp3) is 0.500. The number of carbonyl (C=O) groups excluding carboxylic acids is 1. The van der Waals surface area contributed by atoms with Crippen LogP contribution in [-0.2, 0) is 9.84 Å². The number of anilines is 1. The number of aromatic hydroxyl groups is 1. The number of carbonyl (C=O) groups is 1. The molecular weight excluding hydrogens is 376 g/mol. The van der Waals surface area contributed by atoms with Gasteiger partial charge in [0.2, 0.25) is 0 Å². The normalized spacial score (nSPS) is 20.8. The SMILES string of the molecule is CC1=CCC[C@H]1NC(=O)Nc1ccc(Cl)c(S(=O)(=O)C2CCCC2)c1O. The van der Waals surface area contributed by atoms with E-state index in [4.69, 9.17) is 11.6 Å². The van der Waals surface area contributed by atoms with Crippen molar-refractivity contribution in [1.29, 1.82) is 0 Å². The molecule has 1 aromatic rings. The zero-order chi connectivity index (χ0) is 18.9. The molecule has 1 aromatic carbocycles. The molecule has 0 saturated heterocycles. The Labute approximate surface area is 158 Å². The summed E-state index contributed by atoms with van der Waals surface area (Å²) in [6, 6.07) is 2.25. The Hall–Kier alpha value is -1.73. The van der Waals surface area contributed by atoms with E-state index >= 15 is 0 Å². The first-order chi connectivity index (χ1) is 12.3. The fourth-order valence-corrected chi connectivity index (χ4v) is 6.12. The lowest BCUT2D eigenvalue weighted by atomic mass is 10.2. The van der Waals surface area contributed by atoms with Crippen LogP contribution in [0.4, 0.5) is 10.5 Å². The van der Waals surface area contributed by atoms with Gasteiger partial charge in [0.15, 0.2) is 15.6 Å². The molecule has 2 aliphatic carbocycles. The third-order valence-corrected chi connectivity index (χ3v) is 7.89. The minimum absolute atomic E-state index is 0.0306. The molecule has 0 radical (unpaired) electrons. The van der Waals surface area contributed by atoms with E-state index in [0.717, 1.165) is 31.3 Å². The molecule has 2 aliphatic rings. The summed E-state index contributed by atoms with van der Waals surface area (Å²) in [5.74, 6) is -0.502. The number of halogens is 1. The van der Waals surface area contributed by atoms with Crippen molar-refractivity contribution in [2.45, 2.75) is 61.6 Å². The Bertz CT molecular complexity index is 845. The van der Waals surface area contributed by atoms with Crippen molar-refractivity contribution in [2.24, 2.45) is 0 Å². The quantitative estimate of drug-likeness (QED) is 0.527. The number of rotatable bonds is 4. The molecule has 1 saturated carbocycles. The molecule has 1 atom stereocenters. The van der Waals surface area contributed by atoms with Crippen LogP contribution in [-0.4, -0.2) is 30.8 Å². The second kappa shape index (κ2) is 7.48. The second-order valence-electron chi connectivity index (χ2n) is 6.90. The van der Waals surface area contributed by atoms with Gasteiger partial charge >= 0.3 is 6.03 Å². The van der Waals surface area contributed by atoms with Gasteiger partial charge in [0.1, 0.15) is 4.90 Å². The van der Waals surface area contributed by atoms with Gasteiger partial charge in [-0.05, 0) is 44.7 Å². The average molecular weight is 399 g/mol. The molecule has 0 aliphatic heterocycles. The number of allylic oxidation sites excluding steroid dienone is 1. The number of urea groups is 1. The third kappa shape index (κ3) is 3.69. The molecule has 8 heteroatoms. The zero-order valence-electron chi connectivity index (χ0n) is 14.6. The molecule has 0 unspecified atom stereocenters. The standard InChI is InChI=1S/C18H23ClN2O4S/c1-11-5-4-8-14(11)20-18(23)21-15-10-9-13(19)17(16(15)22)26(24,25)12-6-2-3-7-12/h5,9-10,12,14,22H,2-4,6-8H2,1H3,(H2,20,21,23)/t14-/m1/s1. The van der Waals surface area contributed by atoms with E-state index in [1.165, 1.54) is 12.1 Å². The molecule has 0 bridgehead atoms. The Morgan fingerprint density at radius 1 is 1.23 bits per heavy atom. The first kappa shape index (κ1) is 19.0. The first-order valence-corrected chi connectivity index (χ1v) is 10.7. The van der Waals surface area contributed by atoms with Crippen molar-refractivity contribution < 1.29 is 18.3 Å². The lowest BCUT2D eigenvalue weighted by molar-refractivity contribution is 0.249. The zero-order valence-corrected chi connectivity index (χ0v) is 16.2. The monoisotopic (exact) mass is 398 g/mol. The van der Waals surface area contributed by atoms with Crippen LogP contribution >= 0.6 is 11.6 Å². The van der Waals surface area contributed by atoms with Crippen molar-refractivity contribution in [3.05, 3.63) is 28.8 Å². The molecule has 6 nitrogen and oxygen atoms in total. The Morgan fingerprint density at radius 3 is 2.54 bits per heavy atom. The van der Waals surface area contributed by atoms with Crippen molar-refractivity contribution in [1.82, 2.24) is 5.32 Å². The van der Waals surface area contributed by atoms with E-state index in [1.807, 2.05) is 6.92 Å². The van der Waals surface area contributed by atoms with Gasteiger partial charge in [-0.1, -0.05) is 36.1 Å². The van der Waals surface area contributed by atoms with Crippen molar-refractivity contribution in [3.63, 3.8) is 0 Å². The topological polar surface area (TPSA) is 95.5 Å². The molecule has 0 aromatic heterocycles. The number of hydrogen-bond donors (Lipinski definition) is 3. The fourth-order valence-electron chi connectivity index (χ4n) is 3.63. The van der Waals surface area contributed by atoms with Gasteiger partial charge in [-0.3, -0.25) is 0 Å². The van der Waals surface area contributed by atoms with Crippen LogP contribution in [0, 0.1) is 0 Å². The van der Waals surface area contributed by atoms with E-state index < -0.39 is 26.9 Å². The maximum Gasteiger partial charge on any atom is 0.319 e. The molecule has 1 fully saturated rings. The number of nitrogens with one attached hydrogen (secondary N) is 2. The highest BCUT2D eigenvalue weighted by molar-refractivity contribution is 7.92. The highest BCUT2D eigenvalue weighted by atomic mass is 35.5. The summed E-state index contributed by atoms with van der Waals surface area (Å²) >= 11 is 6.08. The summed E-state index contributed by atoms with van der Waals surface area (Å²) < 4.78 is 25.7. The predicted molar refractivity (Wildman–Crippen MR) is 101 cm³/mol. The van der Waals surface area contributed by atoms with Gasteiger partial charge in [-0.15, -0.1) is 0 Å². The molecule has 0 heterocycles. The van der Waals surface area contributed by atoms with Crippen LogP contribution in [0.15, 0.2) is 28.7 Å². The van der Waals surface area contributed by atoms with Crippen LogP contribution in [0.3, 0.4) is 0 Å². The minimum atomic E-state index is -3.75. The van der Waals surface area contributed by atoms with Gasteiger partial charge in [0.25, 0.3) is 0 Å². The second-order valence-corrected chi connectivity index (χ2v) is 9.47. The number of benzene rings is 1. The summed E-state index contributed by atoms with van der Waals surface area (Å²) in [6.45, 7) is 1.95. The van der Waals surface area contributed by atoms with Crippen LogP contribution in [0.2, 0.25) is 5.02 Å². The molecule has 3 rings (SSSR count). The maximum absolute atomic E-state index is 12.9. The van der Waals surface area contributed by atoms with Crippen LogP contribution in [0.1, 0.15) is 45.4 Å². The molecule has 2 amide bonds. The molecule has 142 valence electrons. The molecular formula is C18H23ClN2O4S. The summed E-state index contributed by atoms with van der Waals surface area (Å²) in [7, 11) is -3.75. The summed E-state index contributed by atoms with van der Waals surface area (Å²) in [5, 5.41) is 15.3. The Morgan fingerprint density at radius 2 is 1.92 bits per heavy atom. The van der Waals surface area contributed by atoms with E-state index in [2.05, 4.69) is 16.7 Å².